The van der Waals surface area contributed by atoms with E-state index in [9.17, 15) is 0 Å². The van der Waals surface area contributed by atoms with Crippen LogP contribution in [0, 0.1) is 13.8 Å². The molecular formula is C20H24N6. The lowest BCUT2D eigenvalue weighted by atomic mass is 10.1. The van der Waals surface area contributed by atoms with Crippen molar-refractivity contribution in [2.75, 3.05) is 5.32 Å². The van der Waals surface area contributed by atoms with Crippen LogP contribution in [0.1, 0.15) is 29.4 Å². The highest BCUT2D eigenvalue weighted by Gasteiger charge is 2.05. The second-order valence-electron chi connectivity index (χ2n) is 6.24. The van der Waals surface area contributed by atoms with Crippen LogP contribution >= 0.6 is 0 Å². The van der Waals surface area contributed by atoms with Gasteiger partial charge in [-0.2, -0.15) is 5.10 Å². The first-order valence-corrected chi connectivity index (χ1v) is 8.69. The fourth-order valence-corrected chi connectivity index (χ4v) is 2.73. The number of benzene rings is 1. The normalized spacial score (nSPS) is 11.6. The molecule has 3 N–H and O–H groups in total. The molecule has 0 aliphatic carbocycles. The Balaban J connectivity index is 1.65. The van der Waals surface area contributed by atoms with E-state index in [1.54, 1.807) is 6.20 Å². The minimum atomic E-state index is 0.390. The van der Waals surface area contributed by atoms with Crippen LogP contribution in [-0.4, -0.2) is 20.7 Å². The second-order valence-corrected chi connectivity index (χ2v) is 6.24. The van der Waals surface area contributed by atoms with Gasteiger partial charge in [-0.05, 0) is 55.7 Å². The summed E-state index contributed by atoms with van der Waals surface area (Å²) in [5.74, 6) is 1.19. The lowest BCUT2D eigenvalue weighted by Gasteiger charge is -2.07. The molecule has 0 radical (unpaired) electrons. The molecule has 1 aromatic carbocycles. The maximum absolute atomic E-state index is 5.99. The molecule has 0 saturated heterocycles. The summed E-state index contributed by atoms with van der Waals surface area (Å²) in [5, 5.41) is 7.57. The average Bonchev–Trinajstić information content (AvgIpc) is 2.99. The summed E-state index contributed by atoms with van der Waals surface area (Å²) < 4.78 is 1.83. The average molecular weight is 348 g/mol. The number of nitrogens with two attached hydrogens (primary N) is 1. The van der Waals surface area contributed by atoms with Crippen molar-refractivity contribution in [3.05, 3.63) is 71.2 Å². The zero-order valence-electron chi connectivity index (χ0n) is 15.4. The number of guanidine groups is 1. The fourth-order valence-electron chi connectivity index (χ4n) is 2.73. The van der Waals surface area contributed by atoms with Crippen molar-refractivity contribution in [2.24, 2.45) is 10.7 Å². The summed E-state index contributed by atoms with van der Waals surface area (Å²) in [6.45, 7) is 6.58. The van der Waals surface area contributed by atoms with Gasteiger partial charge in [-0.1, -0.05) is 25.1 Å². The highest BCUT2D eigenvalue weighted by Crippen LogP contribution is 2.12. The Bertz CT molecular complexity index is 908. The van der Waals surface area contributed by atoms with Crippen molar-refractivity contribution in [1.82, 2.24) is 14.8 Å². The van der Waals surface area contributed by atoms with Crippen molar-refractivity contribution in [2.45, 2.75) is 33.7 Å². The third kappa shape index (κ3) is 4.27. The molecule has 134 valence electrons. The van der Waals surface area contributed by atoms with Crippen LogP contribution in [0.5, 0.6) is 0 Å². The molecular weight excluding hydrogens is 324 g/mol. The minimum absolute atomic E-state index is 0.390. The summed E-state index contributed by atoms with van der Waals surface area (Å²) >= 11 is 0. The molecule has 6 heteroatoms. The van der Waals surface area contributed by atoms with Crippen molar-refractivity contribution in [1.29, 1.82) is 0 Å². The third-order valence-electron chi connectivity index (χ3n) is 4.08. The lowest BCUT2D eigenvalue weighted by Crippen LogP contribution is -2.22. The number of hydrogen-bond acceptors (Lipinski definition) is 3. The molecule has 2 heterocycles. The van der Waals surface area contributed by atoms with Gasteiger partial charge in [0.25, 0.3) is 0 Å². The van der Waals surface area contributed by atoms with Crippen molar-refractivity contribution in [3.63, 3.8) is 0 Å². The first kappa shape index (κ1) is 17.7. The third-order valence-corrected chi connectivity index (χ3v) is 4.08. The predicted molar refractivity (Wildman–Crippen MR) is 106 cm³/mol. The number of aliphatic imine (C=N–C) groups is 1. The van der Waals surface area contributed by atoms with E-state index in [1.165, 1.54) is 5.56 Å². The molecule has 26 heavy (non-hydrogen) atoms. The lowest BCUT2D eigenvalue weighted by molar-refractivity contribution is 0.803. The quantitative estimate of drug-likeness (QED) is 0.547. The molecule has 0 bridgehead atoms. The van der Waals surface area contributed by atoms with E-state index in [4.69, 9.17) is 5.73 Å². The summed E-state index contributed by atoms with van der Waals surface area (Å²) in [7, 11) is 0. The van der Waals surface area contributed by atoms with Gasteiger partial charge in [0.05, 0.1) is 12.2 Å². The zero-order valence-corrected chi connectivity index (χ0v) is 15.4. The Morgan fingerprint density at radius 3 is 2.65 bits per heavy atom. The number of anilines is 1. The van der Waals surface area contributed by atoms with Crippen LogP contribution in [0.3, 0.4) is 0 Å². The van der Waals surface area contributed by atoms with E-state index in [0.717, 1.165) is 34.9 Å². The van der Waals surface area contributed by atoms with Crippen molar-refractivity contribution < 1.29 is 0 Å². The van der Waals surface area contributed by atoms with Gasteiger partial charge in [-0.25, -0.2) is 14.7 Å². The molecule has 0 saturated carbocycles. The SMILES string of the molecule is CCc1cccc(NC(N)=NCc2ccc(-n3nc(C)cc3C)nc2)c1. The minimum Gasteiger partial charge on any atom is -0.370 e. The molecule has 0 amide bonds. The highest BCUT2D eigenvalue weighted by molar-refractivity contribution is 5.92. The number of nitrogens with zero attached hydrogens (tertiary/aromatic N) is 4. The second kappa shape index (κ2) is 7.82. The summed E-state index contributed by atoms with van der Waals surface area (Å²) in [5.41, 5.74) is 11.2. The number of aryl methyl sites for hydroxylation is 3. The monoisotopic (exact) mass is 348 g/mol. The molecule has 6 nitrogen and oxygen atoms in total. The van der Waals surface area contributed by atoms with Crippen LogP contribution in [0.2, 0.25) is 0 Å². The smallest absolute Gasteiger partial charge is 0.193 e. The van der Waals surface area contributed by atoms with E-state index in [2.05, 4.69) is 39.4 Å². The van der Waals surface area contributed by atoms with E-state index in [0.29, 0.717) is 12.5 Å². The van der Waals surface area contributed by atoms with Crippen LogP contribution in [0.15, 0.2) is 53.7 Å². The van der Waals surface area contributed by atoms with Crippen LogP contribution in [0.25, 0.3) is 5.82 Å². The van der Waals surface area contributed by atoms with Crippen LogP contribution in [-0.2, 0) is 13.0 Å². The van der Waals surface area contributed by atoms with Crippen molar-refractivity contribution in [3.8, 4) is 5.82 Å². The summed E-state index contributed by atoms with van der Waals surface area (Å²) in [6, 6.07) is 14.1. The van der Waals surface area contributed by atoms with E-state index < -0.39 is 0 Å². The van der Waals surface area contributed by atoms with Crippen LogP contribution in [0.4, 0.5) is 5.69 Å². The van der Waals surface area contributed by atoms with Gasteiger partial charge in [0, 0.05) is 17.6 Å². The maximum Gasteiger partial charge on any atom is 0.193 e. The first-order chi connectivity index (χ1) is 12.5. The number of nitrogens with one attached hydrogen (secondary N) is 1. The van der Waals surface area contributed by atoms with Gasteiger partial charge in [0.2, 0.25) is 0 Å². The Morgan fingerprint density at radius 1 is 1.15 bits per heavy atom. The topological polar surface area (TPSA) is 81.1 Å². The van der Waals surface area contributed by atoms with Gasteiger partial charge < -0.3 is 11.1 Å². The number of hydrogen-bond donors (Lipinski definition) is 2. The summed E-state index contributed by atoms with van der Waals surface area (Å²) in [6.07, 6.45) is 2.79. The molecule has 3 rings (SSSR count). The highest BCUT2D eigenvalue weighted by atomic mass is 15.3. The standard InChI is InChI=1S/C20H24N6/c1-4-16-6-5-7-18(11-16)24-20(21)23-13-17-8-9-19(22-12-17)26-15(3)10-14(2)25-26/h5-12H,4,13H2,1-3H3,(H3,21,23,24). The fraction of sp³-hybridized carbons (Fsp3) is 0.250. The Hall–Kier alpha value is -3.15. The first-order valence-electron chi connectivity index (χ1n) is 8.69. The van der Waals surface area contributed by atoms with Gasteiger partial charge in [0.1, 0.15) is 0 Å². The van der Waals surface area contributed by atoms with Crippen LogP contribution < -0.4 is 11.1 Å². The molecule has 0 fully saturated rings. The Kier molecular flexibility index (Phi) is 5.31. The molecule has 2 aromatic heterocycles. The van der Waals surface area contributed by atoms with Crippen molar-refractivity contribution >= 4 is 11.6 Å². The van der Waals surface area contributed by atoms with Gasteiger partial charge in [-0.15, -0.1) is 0 Å². The molecule has 0 unspecified atom stereocenters. The Morgan fingerprint density at radius 2 is 2.00 bits per heavy atom. The van der Waals surface area contributed by atoms with E-state index in [1.807, 2.05) is 48.9 Å². The Labute approximate surface area is 153 Å². The number of pyridine rings is 1. The molecule has 3 aromatic rings. The number of aromatic nitrogens is 3. The molecule has 0 atom stereocenters. The molecule has 0 aliphatic rings. The zero-order chi connectivity index (χ0) is 18.5. The molecule has 0 aliphatic heterocycles. The molecule has 0 spiro atoms. The van der Waals surface area contributed by atoms with Gasteiger partial charge >= 0.3 is 0 Å². The van der Waals surface area contributed by atoms with E-state index >= 15 is 0 Å². The largest absolute Gasteiger partial charge is 0.370 e. The van der Waals surface area contributed by atoms with Gasteiger partial charge in [0.15, 0.2) is 11.8 Å². The number of rotatable bonds is 5. The van der Waals surface area contributed by atoms with E-state index in [-0.39, 0.29) is 0 Å². The van der Waals surface area contributed by atoms with Gasteiger partial charge in [-0.3, -0.25) is 0 Å². The maximum atomic E-state index is 5.99. The predicted octanol–water partition coefficient (Wildman–Crippen LogP) is 3.37. The summed E-state index contributed by atoms with van der Waals surface area (Å²) in [4.78, 5) is 8.87.